The average Bonchev–Trinajstić information content (AvgIpc) is 2.02. The Morgan fingerprint density at radius 1 is 1.54 bits per heavy atom. The molecule has 1 rings (SSSR count). The van der Waals surface area contributed by atoms with E-state index in [0.29, 0.717) is 10.6 Å². The van der Waals surface area contributed by atoms with E-state index in [1.54, 1.807) is 0 Å². The molecule has 0 fully saturated rings. The van der Waals surface area contributed by atoms with Gasteiger partial charge in [-0.05, 0) is 6.07 Å². The van der Waals surface area contributed by atoms with Crippen LogP contribution in [0.3, 0.4) is 0 Å². The van der Waals surface area contributed by atoms with E-state index >= 15 is 0 Å². The van der Waals surface area contributed by atoms with Crippen molar-refractivity contribution in [2.75, 3.05) is 0 Å². The van der Waals surface area contributed by atoms with E-state index in [2.05, 4.69) is 4.98 Å². The van der Waals surface area contributed by atoms with Crippen LogP contribution in [0.4, 0.5) is 0 Å². The number of hydrogen-bond acceptors (Lipinski definition) is 3. The fourth-order valence-corrected chi connectivity index (χ4v) is 1.11. The van der Waals surface area contributed by atoms with Gasteiger partial charge in [-0.3, -0.25) is 10.1 Å². The number of pyridine rings is 1. The summed E-state index contributed by atoms with van der Waals surface area (Å²) < 4.78 is 0. The maximum atomic E-state index is 9.98. The first-order valence-corrected chi connectivity index (χ1v) is 3.98. The zero-order valence-electron chi connectivity index (χ0n) is 6.28. The second-order valence-corrected chi connectivity index (χ2v) is 2.92. The highest BCUT2D eigenvalue weighted by Gasteiger charge is 1.99. The number of aromatic nitrogens is 1. The molecule has 0 N–H and O–H groups in total. The van der Waals surface area contributed by atoms with Crippen molar-refractivity contribution < 1.29 is 4.92 Å². The lowest BCUT2D eigenvalue weighted by Gasteiger charge is -1.95. The van der Waals surface area contributed by atoms with Crippen molar-refractivity contribution in [3.63, 3.8) is 0 Å². The van der Waals surface area contributed by atoms with Crippen molar-refractivity contribution in [1.29, 1.82) is 0 Å². The number of hydrogen-bond donors (Lipinski definition) is 0. The van der Waals surface area contributed by atoms with E-state index in [9.17, 15) is 10.1 Å². The van der Waals surface area contributed by atoms with Crippen LogP contribution in [0.15, 0.2) is 18.5 Å². The first-order chi connectivity index (χ1) is 6.09. The molecule has 0 spiro atoms. The van der Waals surface area contributed by atoms with Gasteiger partial charge in [0.2, 0.25) is 6.20 Å². The monoisotopic (exact) mass is 218 g/mol. The van der Waals surface area contributed by atoms with E-state index in [4.69, 9.17) is 23.2 Å². The summed E-state index contributed by atoms with van der Waals surface area (Å²) in [5.41, 5.74) is 0.461. The van der Waals surface area contributed by atoms with E-state index in [1.165, 1.54) is 18.3 Å². The molecule has 6 heteroatoms. The molecule has 0 unspecified atom stereocenters. The summed E-state index contributed by atoms with van der Waals surface area (Å²) >= 11 is 11.2. The molecular weight excluding hydrogens is 215 g/mol. The fraction of sp³-hybridized carbons (Fsp3) is 0. The van der Waals surface area contributed by atoms with E-state index in [0.717, 1.165) is 6.20 Å². The predicted octanol–water partition coefficient (Wildman–Crippen LogP) is 2.64. The van der Waals surface area contributed by atoms with E-state index in [1.807, 2.05) is 0 Å². The summed E-state index contributed by atoms with van der Waals surface area (Å²) in [6, 6.07) is 1.42. The minimum Gasteiger partial charge on any atom is -0.259 e. The molecule has 0 atom stereocenters. The quantitative estimate of drug-likeness (QED) is 0.436. The predicted molar refractivity (Wildman–Crippen MR) is 50.3 cm³/mol. The number of halogens is 2. The van der Waals surface area contributed by atoms with Gasteiger partial charge in [-0.15, -0.1) is 0 Å². The second kappa shape index (κ2) is 4.20. The lowest BCUT2D eigenvalue weighted by Crippen LogP contribution is -1.84. The van der Waals surface area contributed by atoms with Gasteiger partial charge >= 0.3 is 0 Å². The highest BCUT2D eigenvalue weighted by molar-refractivity contribution is 6.34. The van der Waals surface area contributed by atoms with Crippen molar-refractivity contribution in [3.05, 3.63) is 44.3 Å². The lowest BCUT2D eigenvalue weighted by molar-refractivity contribution is -0.400. The van der Waals surface area contributed by atoms with Crippen LogP contribution >= 0.6 is 23.2 Å². The van der Waals surface area contributed by atoms with Crippen LogP contribution in [-0.4, -0.2) is 9.91 Å². The Morgan fingerprint density at radius 3 is 2.77 bits per heavy atom. The summed E-state index contributed by atoms with van der Waals surface area (Å²) in [4.78, 5) is 13.1. The minimum absolute atomic E-state index is 0.253. The van der Waals surface area contributed by atoms with Gasteiger partial charge in [0.1, 0.15) is 5.15 Å². The molecule has 0 radical (unpaired) electrons. The lowest BCUT2D eigenvalue weighted by atomic mass is 10.3. The molecule has 4 nitrogen and oxygen atoms in total. The van der Waals surface area contributed by atoms with Gasteiger partial charge in [-0.25, -0.2) is 4.98 Å². The third-order valence-corrected chi connectivity index (χ3v) is 1.76. The molecule has 1 aromatic rings. The second-order valence-electron chi connectivity index (χ2n) is 2.13. The van der Waals surface area contributed by atoms with Gasteiger partial charge in [0, 0.05) is 17.8 Å². The summed E-state index contributed by atoms with van der Waals surface area (Å²) in [6.07, 6.45) is 3.41. The van der Waals surface area contributed by atoms with Gasteiger partial charge in [-0.1, -0.05) is 23.2 Å². The highest BCUT2D eigenvalue weighted by atomic mass is 35.5. The normalized spacial score (nSPS) is 10.6. The molecule has 0 aliphatic carbocycles. The van der Waals surface area contributed by atoms with Crippen molar-refractivity contribution in [3.8, 4) is 0 Å². The van der Waals surface area contributed by atoms with Crippen LogP contribution in [0.25, 0.3) is 6.08 Å². The SMILES string of the molecule is O=[N+]([O-])/C=C/c1cnc(Cl)cc1Cl. The Bertz CT molecular complexity index is 366. The third-order valence-electron chi connectivity index (χ3n) is 1.22. The standard InChI is InChI=1S/C7H4Cl2N2O2/c8-6-3-7(9)10-4-5(6)1-2-11(12)13/h1-4H/b2-1+. The van der Waals surface area contributed by atoms with Crippen LogP contribution < -0.4 is 0 Å². The van der Waals surface area contributed by atoms with Crippen LogP contribution in [0.5, 0.6) is 0 Å². The summed E-state index contributed by atoms with van der Waals surface area (Å²) in [7, 11) is 0. The zero-order valence-corrected chi connectivity index (χ0v) is 7.79. The Balaban J connectivity index is 2.96. The first-order valence-electron chi connectivity index (χ1n) is 3.22. The minimum atomic E-state index is -0.578. The van der Waals surface area contributed by atoms with Crippen molar-refractivity contribution in [2.45, 2.75) is 0 Å². The molecule has 0 aromatic carbocycles. The van der Waals surface area contributed by atoms with Gasteiger partial charge in [0.05, 0.1) is 9.95 Å². The molecule has 0 saturated heterocycles. The van der Waals surface area contributed by atoms with Crippen LogP contribution in [-0.2, 0) is 0 Å². The number of nitrogens with zero attached hydrogens (tertiary/aromatic N) is 2. The van der Waals surface area contributed by atoms with E-state index in [-0.39, 0.29) is 5.15 Å². The molecule has 1 heterocycles. The van der Waals surface area contributed by atoms with Crippen molar-refractivity contribution in [1.82, 2.24) is 4.98 Å². The molecule has 1 aromatic heterocycles. The third kappa shape index (κ3) is 3.01. The van der Waals surface area contributed by atoms with Gasteiger partial charge < -0.3 is 0 Å². The largest absolute Gasteiger partial charge is 0.259 e. The van der Waals surface area contributed by atoms with Crippen molar-refractivity contribution in [2.24, 2.45) is 0 Å². The van der Waals surface area contributed by atoms with Gasteiger partial charge in [0.25, 0.3) is 0 Å². The summed E-state index contributed by atoms with van der Waals surface area (Å²) in [5.74, 6) is 0. The maximum absolute atomic E-state index is 9.98. The van der Waals surface area contributed by atoms with Crippen molar-refractivity contribution >= 4 is 29.3 Å². The smallest absolute Gasteiger partial charge is 0.235 e. The van der Waals surface area contributed by atoms with Crippen LogP contribution in [0.2, 0.25) is 10.2 Å². The molecule has 0 saturated carbocycles. The molecule has 0 bridgehead atoms. The maximum Gasteiger partial charge on any atom is 0.235 e. The summed E-state index contributed by atoms with van der Waals surface area (Å²) in [5, 5.41) is 10.6. The Hall–Kier alpha value is -1.13. The Morgan fingerprint density at radius 2 is 2.23 bits per heavy atom. The van der Waals surface area contributed by atoms with Gasteiger partial charge in [0.15, 0.2) is 0 Å². The highest BCUT2D eigenvalue weighted by Crippen LogP contribution is 2.19. The molecule has 0 aliphatic rings. The average molecular weight is 219 g/mol. The molecule has 0 amide bonds. The molecular formula is C7H4Cl2N2O2. The molecule has 68 valence electrons. The van der Waals surface area contributed by atoms with Gasteiger partial charge in [-0.2, -0.15) is 0 Å². The fourth-order valence-electron chi connectivity index (χ4n) is 0.682. The first kappa shape index (κ1) is 9.95. The Kier molecular flexibility index (Phi) is 3.22. The number of nitro groups is 1. The Labute approximate surface area is 84.0 Å². The topological polar surface area (TPSA) is 56.0 Å². The zero-order chi connectivity index (χ0) is 9.84. The molecule has 0 aliphatic heterocycles. The van der Waals surface area contributed by atoms with Crippen LogP contribution in [0, 0.1) is 10.1 Å². The number of rotatable bonds is 2. The van der Waals surface area contributed by atoms with E-state index < -0.39 is 4.92 Å². The summed E-state index contributed by atoms with van der Waals surface area (Å²) in [6.45, 7) is 0. The van der Waals surface area contributed by atoms with Crippen LogP contribution in [0.1, 0.15) is 5.56 Å². The molecule has 13 heavy (non-hydrogen) atoms.